The van der Waals surface area contributed by atoms with E-state index in [1.165, 1.54) is 17.0 Å². The Hall–Kier alpha value is -2.92. The zero-order valence-corrected chi connectivity index (χ0v) is 17.1. The summed E-state index contributed by atoms with van der Waals surface area (Å²) in [6, 6.07) is 17.1. The third-order valence-electron chi connectivity index (χ3n) is 6.59. The van der Waals surface area contributed by atoms with Gasteiger partial charge in [0.25, 0.3) is 0 Å². The predicted octanol–water partition coefficient (Wildman–Crippen LogP) is 3.96. The van der Waals surface area contributed by atoms with Crippen LogP contribution in [0.15, 0.2) is 67.1 Å². The summed E-state index contributed by atoms with van der Waals surface area (Å²) in [6.45, 7) is 5.11. The summed E-state index contributed by atoms with van der Waals surface area (Å²) in [6.07, 6.45) is 8.46. The highest BCUT2D eigenvalue weighted by atomic mass is 15.2. The van der Waals surface area contributed by atoms with Gasteiger partial charge < -0.3 is 8.97 Å². The van der Waals surface area contributed by atoms with E-state index in [0.29, 0.717) is 0 Å². The molecular weight excluding hydrogens is 358 g/mol. The van der Waals surface area contributed by atoms with Crippen molar-refractivity contribution in [3.8, 4) is 0 Å². The van der Waals surface area contributed by atoms with Crippen LogP contribution in [-0.2, 0) is 19.0 Å². The number of likely N-dealkylation sites (tertiary alicyclic amines) is 1. The van der Waals surface area contributed by atoms with E-state index < -0.39 is 0 Å². The fraction of sp³-hybridized carbons (Fsp3) is 0.333. The minimum atomic E-state index is -0.0356. The van der Waals surface area contributed by atoms with Crippen LogP contribution in [0.25, 0.3) is 5.65 Å². The van der Waals surface area contributed by atoms with Crippen LogP contribution in [0.1, 0.15) is 35.6 Å². The lowest BCUT2D eigenvalue weighted by Gasteiger charge is -2.41. The predicted molar refractivity (Wildman–Crippen MR) is 115 cm³/mol. The zero-order valence-electron chi connectivity index (χ0n) is 17.1. The quantitative estimate of drug-likeness (QED) is 0.534. The van der Waals surface area contributed by atoms with Crippen molar-refractivity contribution in [3.63, 3.8) is 0 Å². The van der Waals surface area contributed by atoms with E-state index in [1.807, 2.05) is 6.20 Å². The Labute approximate surface area is 171 Å². The van der Waals surface area contributed by atoms with Crippen molar-refractivity contribution in [3.05, 3.63) is 89.9 Å². The van der Waals surface area contributed by atoms with E-state index in [-0.39, 0.29) is 5.41 Å². The van der Waals surface area contributed by atoms with Crippen LogP contribution >= 0.6 is 0 Å². The molecule has 5 rings (SSSR count). The lowest BCUT2D eigenvalue weighted by atomic mass is 9.70. The first kappa shape index (κ1) is 18.1. The van der Waals surface area contributed by atoms with Gasteiger partial charge in [0.1, 0.15) is 11.5 Å². The normalized spacial score (nSPS) is 17.0. The average molecular weight is 386 g/mol. The van der Waals surface area contributed by atoms with Crippen molar-refractivity contribution in [2.24, 2.45) is 7.05 Å². The Balaban J connectivity index is 1.46. The van der Waals surface area contributed by atoms with Gasteiger partial charge in [-0.1, -0.05) is 36.4 Å². The molecule has 5 nitrogen and oxygen atoms in total. The smallest absolute Gasteiger partial charge is 0.137 e. The van der Waals surface area contributed by atoms with Gasteiger partial charge >= 0.3 is 0 Å². The SMILES string of the molecule is Cc1ncc(CN2CCC(c3ccccc3)(c3cn4ccccc4n3)CC2)n1C. The molecule has 1 aliphatic rings. The number of aryl methyl sites for hydroxylation is 1. The summed E-state index contributed by atoms with van der Waals surface area (Å²) >= 11 is 0. The molecule has 0 radical (unpaired) electrons. The molecule has 0 saturated carbocycles. The van der Waals surface area contributed by atoms with Crippen molar-refractivity contribution in [2.75, 3.05) is 13.1 Å². The first-order valence-electron chi connectivity index (χ1n) is 10.3. The van der Waals surface area contributed by atoms with Crippen molar-refractivity contribution in [1.82, 2.24) is 23.8 Å². The highest BCUT2D eigenvalue weighted by Gasteiger charge is 2.40. The van der Waals surface area contributed by atoms with Crippen molar-refractivity contribution < 1.29 is 0 Å². The maximum atomic E-state index is 5.04. The summed E-state index contributed by atoms with van der Waals surface area (Å²) in [5, 5.41) is 0. The van der Waals surface area contributed by atoms with Crippen LogP contribution in [0.2, 0.25) is 0 Å². The third kappa shape index (κ3) is 3.15. The van der Waals surface area contributed by atoms with Gasteiger partial charge in [0.2, 0.25) is 0 Å². The standard InChI is InChI=1S/C24H27N5/c1-19-25-16-21(27(19)2)17-28-14-11-24(12-15-28,20-8-4-3-5-9-20)22-18-29-13-7-6-10-23(29)26-22/h3-10,13,16,18H,11-12,14-15,17H2,1-2H3. The topological polar surface area (TPSA) is 38.4 Å². The van der Waals surface area contributed by atoms with Crippen molar-refractivity contribution in [2.45, 2.75) is 31.7 Å². The van der Waals surface area contributed by atoms with Crippen LogP contribution in [0.5, 0.6) is 0 Å². The van der Waals surface area contributed by atoms with E-state index in [0.717, 1.165) is 43.9 Å². The second-order valence-corrected chi connectivity index (χ2v) is 8.17. The van der Waals surface area contributed by atoms with E-state index in [4.69, 9.17) is 4.98 Å². The first-order valence-corrected chi connectivity index (χ1v) is 10.3. The number of pyridine rings is 1. The number of benzene rings is 1. The summed E-state index contributed by atoms with van der Waals surface area (Å²) in [7, 11) is 2.10. The third-order valence-corrected chi connectivity index (χ3v) is 6.59. The Kier molecular flexibility index (Phi) is 4.47. The highest BCUT2D eigenvalue weighted by Crippen LogP contribution is 2.41. The molecule has 148 valence electrons. The molecule has 4 aromatic rings. The molecule has 1 aliphatic heterocycles. The van der Waals surface area contributed by atoms with Crippen LogP contribution in [0, 0.1) is 6.92 Å². The van der Waals surface area contributed by atoms with Crippen LogP contribution < -0.4 is 0 Å². The molecular formula is C24H27N5. The van der Waals surface area contributed by atoms with Gasteiger partial charge in [0.15, 0.2) is 0 Å². The van der Waals surface area contributed by atoms with Gasteiger partial charge in [-0.3, -0.25) is 4.90 Å². The number of rotatable bonds is 4. The molecule has 1 saturated heterocycles. The first-order chi connectivity index (χ1) is 14.2. The molecule has 0 N–H and O–H groups in total. The molecule has 0 unspecified atom stereocenters. The second-order valence-electron chi connectivity index (χ2n) is 8.17. The maximum absolute atomic E-state index is 5.04. The van der Waals surface area contributed by atoms with Gasteiger partial charge in [-0.05, 0) is 50.6 Å². The molecule has 29 heavy (non-hydrogen) atoms. The fourth-order valence-electron chi connectivity index (χ4n) is 4.63. The monoisotopic (exact) mass is 385 g/mol. The lowest BCUT2D eigenvalue weighted by Crippen LogP contribution is -2.43. The second kappa shape index (κ2) is 7.16. The number of fused-ring (bicyclic) bond motifs is 1. The fourth-order valence-corrected chi connectivity index (χ4v) is 4.63. The Bertz CT molecular complexity index is 1080. The van der Waals surface area contributed by atoms with Crippen LogP contribution in [-0.4, -0.2) is 36.9 Å². The van der Waals surface area contributed by atoms with Gasteiger partial charge in [0.05, 0.1) is 11.4 Å². The van der Waals surface area contributed by atoms with E-state index >= 15 is 0 Å². The summed E-state index contributed by atoms with van der Waals surface area (Å²) in [4.78, 5) is 12.0. The lowest BCUT2D eigenvalue weighted by molar-refractivity contribution is 0.167. The van der Waals surface area contributed by atoms with Gasteiger partial charge in [-0.2, -0.15) is 0 Å². The van der Waals surface area contributed by atoms with Crippen LogP contribution in [0.3, 0.4) is 0 Å². The largest absolute Gasteiger partial charge is 0.334 e. The van der Waals surface area contributed by atoms with E-state index in [9.17, 15) is 0 Å². The summed E-state index contributed by atoms with van der Waals surface area (Å²) in [5.74, 6) is 1.07. The number of imidazole rings is 2. The molecule has 1 fully saturated rings. The number of aromatic nitrogens is 4. The molecule has 0 bridgehead atoms. The Morgan fingerprint density at radius 2 is 1.76 bits per heavy atom. The summed E-state index contributed by atoms with van der Waals surface area (Å²) in [5.41, 5.74) is 4.82. The zero-order chi connectivity index (χ0) is 19.8. The van der Waals surface area contributed by atoms with Gasteiger partial charge in [0, 0.05) is 37.6 Å². The van der Waals surface area contributed by atoms with Gasteiger partial charge in [-0.15, -0.1) is 0 Å². The van der Waals surface area contributed by atoms with Crippen molar-refractivity contribution >= 4 is 5.65 Å². The Morgan fingerprint density at radius 1 is 1.00 bits per heavy atom. The molecule has 4 heterocycles. The number of piperidine rings is 1. The molecule has 0 spiro atoms. The molecule has 5 heteroatoms. The van der Waals surface area contributed by atoms with Crippen LogP contribution in [0.4, 0.5) is 0 Å². The maximum Gasteiger partial charge on any atom is 0.137 e. The van der Waals surface area contributed by atoms with Crippen molar-refractivity contribution in [1.29, 1.82) is 0 Å². The number of hydrogen-bond acceptors (Lipinski definition) is 3. The number of hydrogen-bond donors (Lipinski definition) is 0. The molecule has 0 atom stereocenters. The minimum Gasteiger partial charge on any atom is -0.334 e. The Morgan fingerprint density at radius 3 is 2.45 bits per heavy atom. The number of nitrogens with zero attached hydrogens (tertiary/aromatic N) is 5. The van der Waals surface area contributed by atoms with Gasteiger partial charge in [-0.25, -0.2) is 9.97 Å². The molecule has 3 aromatic heterocycles. The van der Waals surface area contributed by atoms with E-state index in [1.54, 1.807) is 0 Å². The molecule has 0 amide bonds. The minimum absolute atomic E-state index is 0.0356. The summed E-state index contributed by atoms with van der Waals surface area (Å²) < 4.78 is 4.34. The van der Waals surface area contributed by atoms with E-state index in [2.05, 4.69) is 93.7 Å². The molecule has 0 aliphatic carbocycles. The average Bonchev–Trinajstić information content (AvgIpc) is 3.34. The highest BCUT2D eigenvalue weighted by molar-refractivity contribution is 5.45. The molecule has 1 aromatic carbocycles.